The molecule has 0 aromatic heterocycles. The molecule has 0 aliphatic rings. The molecule has 0 atom stereocenters. The summed E-state index contributed by atoms with van der Waals surface area (Å²) in [6.07, 6.45) is -2.97. The topological polar surface area (TPSA) is 29.5 Å². The molecule has 0 aliphatic carbocycles. The first kappa shape index (κ1) is 46.2. The van der Waals surface area contributed by atoms with E-state index < -0.39 is 93.8 Å². The number of halogens is 13. The Kier molecular flexibility index (Phi) is 17.8. The van der Waals surface area contributed by atoms with Gasteiger partial charge in [-0.2, -0.15) is 8.78 Å². The second-order valence-electron chi connectivity index (χ2n) is 10.1. The average Bonchev–Trinajstić information content (AvgIpc) is 3.02. The molecule has 0 spiro atoms. The van der Waals surface area contributed by atoms with Crippen molar-refractivity contribution in [2.75, 3.05) is 7.15 Å². The Morgan fingerprint density at radius 1 is 0.642 bits per heavy atom. The summed E-state index contributed by atoms with van der Waals surface area (Å²) in [4.78, 5) is 0. The van der Waals surface area contributed by atoms with Gasteiger partial charge in [0, 0.05) is 29.8 Å². The van der Waals surface area contributed by atoms with Gasteiger partial charge in [-0.1, -0.05) is 71.5 Å². The van der Waals surface area contributed by atoms with E-state index in [2.05, 4.69) is 4.74 Å². The summed E-state index contributed by atoms with van der Waals surface area (Å²) in [5.74, 6) is -16.5. The smallest absolute Gasteiger partial charge is 0.432 e. The molecule has 290 valence electrons. The summed E-state index contributed by atoms with van der Waals surface area (Å²) < 4.78 is 169. The highest BCUT2D eigenvalue weighted by molar-refractivity contribution is 6.33. The normalized spacial score (nSPS) is 10.6. The molecule has 0 aliphatic heterocycles. The van der Waals surface area contributed by atoms with Gasteiger partial charge in [-0.05, 0) is 52.9 Å². The van der Waals surface area contributed by atoms with Gasteiger partial charge in [-0.25, -0.2) is 39.5 Å². The van der Waals surface area contributed by atoms with E-state index in [0.717, 1.165) is 24.5 Å². The van der Waals surface area contributed by atoms with Gasteiger partial charge >= 0.3 is 6.11 Å². The van der Waals surface area contributed by atoms with Crippen LogP contribution < -0.4 is 4.74 Å². The lowest BCUT2D eigenvalue weighted by molar-refractivity contribution is -0.189. The molecule has 5 aromatic carbocycles. The van der Waals surface area contributed by atoms with E-state index in [1.165, 1.54) is 6.07 Å². The van der Waals surface area contributed by atoms with Crippen LogP contribution in [0.1, 0.15) is 48.1 Å². The van der Waals surface area contributed by atoms with E-state index in [1.807, 2.05) is 19.1 Å². The van der Waals surface area contributed by atoms with Gasteiger partial charge in [0.15, 0.2) is 34.9 Å². The minimum atomic E-state index is -4.78. The molecule has 0 unspecified atom stereocenters. The van der Waals surface area contributed by atoms with Crippen molar-refractivity contribution in [1.29, 1.82) is 0 Å². The lowest BCUT2D eigenvalue weighted by Gasteiger charge is -2.20. The van der Waals surface area contributed by atoms with Crippen LogP contribution in [0.2, 0.25) is 5.02 Å². The molecule has 0 radical (unpaired) electrons. The number of alkyl halides is 3. The standard InChI is InChI=1S/C28H17ClF8O.C6H3F3O.CH3F.3CH4/c1-2-3-14-4-6-15(7-5-14)16-8-19(29)25(20(30)9-16)17-10-21(31)26(22(32)11-17)28(36,37)38-18-12-23(33)27(35)24(34)13-18;7-4-1-3(10)2-5(8)6(4)9;1-2;;;/h4-13H,2-3H2,1H3;1-2,10H;1H3;3*1H4/i;;1D;;;. The summed E-state index contributed by atoms with van der Waals surface area (Å²) in [6.45, 7) is 2.03. The van der Waals surface area contributed by atoms with Crippen LogP contribution in [-0.2, 0) is 12.5 Å². The first-order valence-corrected chi connectivity index (χ1v) is 14.3. The number of phenols is 1. The monoisotopic (exact) mass is 787 g/mol. The van der Waals surface area contributed by atoms with Crippen molar-refractivity contribution in [2.45, 2.75) is 48.2 Å². The van der Waals surface area contributed by atoms with Gasteiger partial charge in [0.2, 0.25) is 0 Å². The predicted molar refractivity (Wildman–Crippen MR) is 182 cm³/mol. The van der Waals surface area contributed by atoms with E-state index in [9.17, 15) is 48.3 Å². The van der Waals surface area contributed by atoms with Gasteiger partial charge in [0.1, 0.15) is 34.5 Å². The third-order valence-electron chi connectivity index (χ3n) is 6.66. The van der Waals surface area contributed by atoms with Gasteiger partial charge in [-0.3, -0.25) is 4.39 Å². The first-order valence-electron chi connectivity index (χ1n) is 14.6. The SMILES string of the molecule is C.C.C.CCCc1ccc(-c2cc(F)c(-c3cc(F)c(C(F)(F)Oc4cc(F)c(F)c(F)c4)c(F)c3)c(Cl)c2)cc1.Oc1cc(F)c(F)c(F)c1.[2H]CF. The van der Waals surface area contributed by atoms with Crippen LogP contribution in [-0.4, -0.2) is 12.3 Å². The van der Waals surface area contributed by atoms with Crippen LogP contribution in [0, 0.1) is 52.4 Å². The first-order chi connectivity index (χ1) is 23.9. The van der Waals surface area contributed by atoms with Crippen molar-refractivity contribution in [3.05, 3.63) is 141 Å². The number of rotatable bonds is 7. The number of benzene rings is 5. The molecular weight excluding hydrogens is 752 g/mol. The van der Waals surface area contributed by atoms with Crippen molar-refractivity contribution in [2.24, 2.45) is 0 Å². The zero-order chi connectivity index (χ0) is 38.2. The summed E-state index contributed by atoms with van der Waals surface area (Å²) in [6, 6.07) is 11.8. The van der Waals surface area contributed by atoms with Crippen molar-refractivity contribution in [3.63, 3.8) is 0 Å². The highest BCUT2D eigenvalue weighted by Gasteiger charge is 2.42. The molecular formula is C38H35ClF12O2. The van der Waals surface area contributed by atoms with Gasteiger partial charge in [-0.15, -0.1) is 0 Å². The quantitative estimate of drug-likeness (QED) is 0.131. The van der Waals surface area contributed by atoms with Crippen molar-refractivity contribution < 1.29 is 63.9 Å². The Morgan fingerprint density at radius 3 is 1.51 bits per heavy atom. The van der Waals surface area contributed by atoms with E-state index in [4.69, 9.17) is 18.1 Å². The molecule has 0 bridgehead atoms. The van der Waals surface area contributed by atoms with Gasteiger partial charge in [0.25, 0.3) is 0 Å². The third kappa shape index (κ3) is 11.6. The number of ether oxygens (including phenoxy) is 1. The summed E-state index contributed by atoms with van der Waals surface area (Å²) in [5.41, 5.74) is -0.723. The molecule has 0 fully saturated rings. The minimum absolute atomic E-state index is 0. The Balaban J connectivity index is 0.00000150. The number of hydrogen-bond acceptors (Lipinski definition) is 2. The number of aryl methyl sites for hydroxylation is 1. The van der Waals surface area contributed by atoms with E-state index in [-0.39, 0.29) is 39.4 Å². The third-order valence-corrected chi connectivity index (χ3v) is 6.96. The van der Waals surface area contributed by atoms with Crippen LogP contribution in [0.3, 0.4) is 0 Å². The summed E-state index contributed by atoms with van der Waals surface area (Å²) >= 11 is 6.22. The minimum Gasteiger partial charge on any atom is -0.508 e. The largest absolute Gasteiger partial charge is 0.508 e. The molecule has 0 heterocycles. The molecule has 1 N–H and O–H groups in total. The Morgan fingerprint density at radius 2 is 1.08 bits per heavy atom. The maximum absolute atomic E-state index is 15.1. The predicted octanol–water partition coefficient (Wildman–Crippen LogP) is 13.9. The van der Waals surface area contributed by atoms with Crippen LogP contribution >= 0.6 is 11.6 Å². The fourth-order valence-electron chi connectivity index (χ4n) is 4.50. The molecule has 53 heavy (non-hydrogen) atoms. The maximum atomic E-state index is 15.1. The number of aromatic hydroxyl groups is 1. The second kappa shape index (κ2) is 20.4. The molecule has 0 saturated carbocycles. The van der Waals surface area contributed by atoms with E-state index in [1.54, 1.807) is 12.1 Å². The molecule has 5 aromatic rings. The average molecular weight is 788 g/mol. The second-order valence-corrected chi connectivity index (χ2v) is 10.5. The van der Waals surface area contributed by atoms with Crippen LogP contribution in [0.4, 0.5) is 52.7 Å². The van der Waals surface area contributed by atoms with Crippen LogP contribution in [0.5, 0.6) is 11.5 Å². The van der Waals surface area contributed by atoms with Crippen LogP contribution in [0.15, 0.2) is 72.8 Å². The summed E-state index contributed by atoms with van der Waals surface area (Å²) in [7, 11) is -1.00. The van der Waals surface area contributed by atoms with Gasteiger partial charge in [0.05, 0.1) is 13.5 Å². The highest BCUT2D eigenvalue weighted by Crippen LogP contribution is 2.40. The molecule has 5 rings (SSSR count). The lowest BCUT2D eigenvalue weighted by atomic mass is 9.97. The molecule has 2 nitrogen and oxygen atoms in total. The van der Waals surface area contributed by atoms with E-state index >= 15 is 4.39 Å². The number of phenolic OH excluding ortho intramolecular Hbond substituents is 1. The molecule has 0 amide bonds. The van der Waals surface area contributed by atoms with E-state index in [0.29, 0.717) is 35.4 Å². The fourth-order valence-corrected chi connectivity index (χ4v) is 4.81. The highest BCUT2D eigenvalue weighted by atomic mass is 35.5. The zero-order valence-corrected chi connectivity index (χ0v) is 26.1. The molecule has 0 saturated heterocycles. The van der Waals surface area contributed by atoms with Crippen LogP contribution in [0.25, 0.3) is 22.3 Å². The fraction of sp³-hybridized carbons (Fsp3) is 0.211. The summed E-state index contributed by atoms with van der Waals surface area (Å²) in [5, 5.41) is 8.24. The Labute approximate surface area is 305 Å². The Bertz CT molecular complexity index is 1900. The number of hydrogen-bond donors (Lipinski definition) is 1. The van der Waals surface area contributed by atoms with Gasteiger partial charge < -0.3 is 9.84 Å². The lowest BCUT2D eigenvalue weighted by Crippen LogP contribution is -2.25. The maximum Gasteiger partial charge on any atom is 0.432 e. The Hall–Kier alpha value is -4.85. The van der Waals surface area contributed by atoms with Crippen molar-refractivity contribution in [3.8, 4) is 33.8 Å². The zero-order valence-electron chi connectivity index (χ0n) is 26.3. The molecule has 15 heteroatoms. The van der Waals surface area contributed by atoms with Crippen molar-refractivity contribution >= 4 is 11.6 Å². The van der Waals surface area contributed by atoms with Crippen molar-refractivity contribution in [1.82, 2.24) is 0 Å².